The van der Waals surface area contributed by atoms with Crippen LogP contribution in [0, 0.1) is 11.3 Å². The fourth-order valence-electron chi connectivity index (χ4n) is 3.90. The van der Waals surface area contributed by atoms with Crippen molar-refractivity contribution in [1.82, 2.24) is 0 Å². The lowest BCUT2D eigenvalue weighted by Crippen LogP contribution is -2.26. The molecule has 1 heteroatoms. The first-order valence-electron chi connectivity index (χ1n) is 7.74. The summed E-state index contributed by atoms with van der Waals surface area (Å²) in [6.45, 7) is 4.50. The number of Topliss-reactive ketones (excluding diaryl/α,β-unsaturated/α-hetero) is 1. The van der Waals surface area contributed by atoms with Crippen LogP contribution in [-0.4, -0.2) is 5.78 Å². The fourth-order valence-corrected chi connectivity index (χ4v) is 3.90. The summed E-state index contributed by atoms with van der Waals surface area (Å²) in [5, 5.41) is 0. The first-order chi connectivity index (χ1) is 9.08. The Balaban J connectivity index is 1.88. The van der Waals surface area contributed by atoms with E-state index in [-0.39, 0.29) is 11.3 Å². The minimum atomic E-state index is 0.187. The number of hydrogen-bond donors (Lipinski definition) is 0. The molecule has 0 saturated heterocycles. The van der Waals surface area contributed by atoms with E-state index in [1.54, 1.807) is 0 Å². The van der Waals surface area contributed by atoms with Crippen LogP contribution in [0.1, 0.15) is 67.4 Å². The van der Waals surface area contributed by atoms with E-state index in [0.717, 1.165) is 18.4 Å². The molecule has 0 amide bonds. The standard InChI is InChI=1S/C18H24O/c1-18(2)11-5-8-16(18)17(19)15-10-9-13-6-3-4-7-14(13)12-15/h9-10,12,16H,3-8,11H2,1-2H3. The summed E-state index contributed by atoms with van der Waals surface area (Å²) in [4.78, 5) is 12.7. The number of carbonyl (C=O) groups excluding carboxylic acids is 1. The molecule has 1 fully saturated rings. The molecular formula is C18H24O. The van der Waals surface area contributed by atoms with Crippen LogP contribution in [0.2, 0.25) is 0 Å². The van der Waals surface area contributed by atoms with Crippen LogP contribution in [0.4, 0.5) is 0 Å². The molecule has 1 saturated carbocycles. The van der Waals surface area contributed by atoms with Gasteiger partial charge in [0.2, 0.25) is 0 Å². The lowest BCUT2D eigenvalue weighted by molar-refractivity contribution is 0.0839. The van der Waals surface area contributed by atoms with Gasteiger partial charge < -0.3 is 0 Å². The summed E-state index contributed by atoms with van der Waals surface area (Å²) < 4.78 is 0. The molecule has 2 aliphatic carbocycles. The number of ketones is 1. The molecule has 0 aromatic heterocycles. The van der Waals surface area contributed by atoms with Gasteiger partial charge in [-0.3, -0.25) is 4.79 Å². The molecule has 102 valence electrons. The van der Waals surface area contributed by atoms with Gasteiger partial charge in [-0.25, -0.2) is 0 Å². The molecule has 1 atom stereocenters. The van der Waals surface area contributed by atoms with Gasteiger partial charge >= 0.3 is 0 Å². The van der Waals surface area contributed by atoms with Crippen LogP contribution in [0.3, 0.4) is 0 Å². The van der Waals surface area contributed by atoms with Gasteiger partial charge in [-0.2, -0.15) is 0 Å². The molecule has 0 bridgehead atoms. The third kappa shape index (κ3) is 2.35. The van der Waals surface area contributed by atoms with Crippen molar-refractivity contribution < 1.29 is 4.79 Å². The fraction of sp³-hybridized carbons (Fsp3) is 0.611. The summed E-state index contributed by atoms with van der Waals surface area (Å²) in [6, 6.07) is 6.45. The van der Waals surface area contributed by atoms with E-state index in [2.05, 4.69) is 32.0 Å². The summed E-state index contributed by atoms with van der Waals surface area (Å²) in [7, 11) is 0. The average molecular weight is 256 g/mol. The second kappa shape index (κ2) is 4.77. The minimum Gasteiger partial charge on any atom is -0.294 e. The third-order valence-corrected chi connectivity index (χ3v) is 5.21. The van der Waals surface area contributed by atoms with Gasteiger partial charge in [-0.15, -0.1) is 0 Å². The van der Waals surface area contributed by atoms with Gasteiger partial charge in [0.1, 0.15) is 0 Å². The van der Waals surface area contributed by atoms with Crippen molar-refractivity contribution in [3.63, 3.8) is 0 Å². The van der Waals surface area contributed by atoms with Gasteiger partial charge in [-0.05, 0) is 61.1 Å². The van der Waals surface area contributed by atoms with Gasteiger partial charge in [0, 0.05) is 11.5 Å². The smallest absolute Gasteiger partial charge is 0.166 e. The Hall–Kier alpha value is -1.11. The van der Waals surface area contributed by atoms with Crippen LogP contribution in [0.15, 0.2) is 18.2 Å². The van der Waals surface area contributed by atoms with Crippen molar-refractivity contribution in [1.29, 1.82) is 0 Å². The van der Waals surface area contributed by atoms with Gasteiger partial charge in [-0.1, -0.05) is 32.4 Å². The largest absolute Gasteiger partial charge is 0.294 e. The first-order valence-corrected chi connectivity index (χ1v) is 7.74. The molecule has 1 aromatic carbocycles. The van der Waals surface area contributed by atoms with Crippen LogP contribution < -0.4 is 0 Å². The van der Waals surface area contributed by atoms with Gasteiger partial charge in [0.15, 0.2) is 5.78 Å². The second-order valence-corrected chi connectivity index (χ2v) is 6.99. The molecule has 0 N–H and O–H groups in total. The topological polar surface area (TPSA) is 17.1 Å². The van der Waals surface area contributed by atoms with Gasteiger partial charge in [0.05, 0.1) is 0 Å². The summed E-state index contributed by atoms with van der Waals surface area (Å²) in [6.07, 6.45) is 8.39. The van der Waals surface area contributed by atoms with Crippen molar-refractivity contribution in [3.05, 3.63) is 34.9 Å². The lowest BCUT2D eigenvalue weighted by atomic mass is 9.77. The van der Waals surface area contributed by atoms with E-state index in [1.165, 1.54) is 43.2 Å². The Bertz CT molecular complexity index is 498. The summed E-state index contributed by atoms with van der Waals surface area (Å²) in [5.74, 6) is 0.616. The van der Waals surface area contributed by atoms with E-state index in [9.17, 15) is 4.79 Å². The van der Waals surface area contributed by atoms with Crippen molar-refractivity contribution in [2.75, 3.05) is 0 Å². The molecular weight excluding hydrogens is 232 g/mol. The van der Waals surface area contributed by atoms with Crippen molar-refractivity contribution >= 4 is 5.78 Å². The molecule has 3 rings (SSSR count). The molecule has 1 nitrogen and oxygen atoms in total. The van der Waals surface area contributed by atoms with E-state index in [4.69, 9.17) is 0 Å². The number of carbonyl (C=O) groups is 1. The predicted molar refractivity (Wildman–Crippen MR) is 78.5 cm³/mol. The Morgan fingerprint density at radius 3 is 2.53 bits per heavy atom. The highest BCUT2D eigenvalue weighted by Crippen LogP contribution is 2.44. The SMILES string of the molecule is CC1(C)CCCC1C(=O)c1ccc2c(c1)CCCC2. The van der Waals surface area contributed by atoms with Crippen LogP contribution in [-0.2, 0) is 12.8 Å². The zero-order valence-electron chi connectivity index (χ0n) is 12.2. The highest BCUT2D eigenvalue weighted by molar-refractivity contribution is 5.98. The number of rotatable bonds is 2. The lowest BCUT2D eigenvalue weighted by Gasteiger charge is -2.26. The molecule has 1 aromatic rings. The molecule has 0 aliphatic heterocycles. The monoisotopic (exact) mass is 256 g/mol. The summed E-state index contributed by atoms with van der Waals surface area (Å²) >= 11 is 0. The molecule has 0 heterocycles. The summed E-state index contributed by atoms with van der Waals surface area (Å²) in [5.41, 5.74) is 4.04. The highest BCUT2D eigenvalue weighted by Gasteiger charge is 2.39. The molecule has 19 heavy (non-hydrogen) atoms. The van der Waals surface area contributed by atoms with Crippen LogP contribution in [0.25, 0.3) is 0 Å². The Kier molecular flexibility index (Phi) is 3.24. The van der Waals surface area contributed by atoms with E-state index >= 15 is 0 Å². The van der Waals surface area contributed by atoms with Crippen molar-refractivity contribution in [2.24, 2.45) is 11.3 Å². The highest BCUT2D eigenvalue weighted by atomic mass is 16.1. The second-order valence-electron chi connectivity index (χ2n) is 6.99. The van der Waals surface area contributed by atoms with Crippen molar-refractivity contribution in [3.8, 4) is 0 Å². The minimum absolute atomic E-state index is 0.187. The normalized spacial score (nSPS) is 25.1. The third-order valence-electron chi connectivity index (χ3n) is 5.21. The Morgan fingerprint density at radius 1 is 1.11 bits per heavy atom. The first kappa shape index (κ1) is 12.9. The number of aryl methyl sites for hydroxylation is 2. The zero-order chi connectivity index (χ0) is 13.5. The van der Waals surface area contributed by atoms with E-state index < -0.39 is 0 Å². The predicted octanol–water partition coefficient (Wildman–Crippen LogP) is 4.57. The molecule has 2 aliphatic rings. The van der Waals surface area contributed by atoms with Gasteiger partial charge in [0.25, 0.3) is 0 Å². The van der Waals surface area contributed by atoms with Crippen molar-refractivity contribution in [2.45, 2.75) is 58.8 Å². The number of benzene rings is 1. The molecule has 1 unspecified atom stereocenters. The molecule has 0 radical (unpaired) electrons. The maximum Gasteiger partial charge on any atom is 0.166 e. The quantitative estimate of drug-likeness (QED) is 0.708. The molecule has 0 spiro atoms. The van der Waals surface area contributed by atoms with E-state index in [0.29, 0.717) is 5.78 Å². The Morgan fingerprint density at radius 2 is 1.84 bits per heavy atom. The maximum atomic E-state index is 12.7. The maximum absolute atomic E-state index is 12.7. The zero-order valence-corrected chi connectivity index (χ0v) is 12.2. The van der Waals surface area contributed by atoms with E-state index in [1.807, 2.05) is 0 Å². The van der Waals surface area contributed by atoms with Crippen LogP contribution >= 0.6 is 0 Å². The Labute approximate surface area is 116 Å². The number of hydrogen-bond acceptors (Lipinski definition) is 1. The number of fused-ring (bicyclic) bond motifs is 1. The van der Waals surface area contributed by atoms with Crippen LogP contribution in [0.5, 0.6) is 0 Å². The average Bonchev–Trinajstić information content (AvgIpc) is 2.77.